The Morgan fingerprint density at radius 2 is 2.11 bits per heavy atom. The number of nitriles is 1. The molecule has 3 rings (SSSR count). The second-order valence-corrected chi connectivity index (χ2v) is 7.57. The van der Waals surface area contributed by atoms with Gasteiger partial charge in [0.15, 0.2) is 11.4 Å². The minimum atomic E-state index is -0.636. The van der Waals surface area contributed by atoms with E-state index >= 15 is 0 Å². The number of nitrogens with zero attached hydrogens (tertiary/aromatic N) is 5. The predicted molar refractivity (Wildman–Crippen MR) is 100 cm³/mol. The van der Waals surface area contributed by atoms with E-state index in [2.05, 4.69) is 10.1 Å². The second kappa shape index (κ2) is 7.49. The predicted octanol–water partition coefficient (Wildman–Crippen LogP) is 3.05. The smallest absolute Gasteiger partial charge is 0.293 e. The Bertz CT molecular complexity index is 970. The largest absolute Gasteiger partial charge is 0.336 e. The molecule has 0 spiro atoms. The van der Waals surface area contributed by atoms with Gasteiger partial charge in [-0.3, -0.25) is 9.59 Å². The lowest BCUT2D eigenvalue weighted by Crippen LogP contribution is -2.36. The van der Waals surface area contributed by atoms with E-state index in [0.717, 1.165) is 0 Å². The van der Waals surface area contributed by atoms with E-state index < -0.39 is 5.41 Å². The molecule has 2 aromatic heterocycles. The summed E-state index contributed by atoms with van der Waals surface area (Å²) in [6, 6.07) is 7.14. The number of carbonyl (C=O) groups excluding carboxylic acids is 2. The van der Waals surface area contributed by atoms with Crippen molar-refractivity contribution in [3.05, 3.63) is 40.8 Å². The summed E-state index contributed by atoms with van der Waals surface area (Å²) in [7, 11) is 0. The Kier molecular flexibility index (Phi) is 5.29. The quantitative estimate of drug-likeness (QED) is 0.703. The van der Waals surface area contributed by atoms with Crippen molar-refractivity contribution < 1.29 is 9.59 Å². The molecule has 8 heteroatoms. The lowest BCUT2D eigenvalue weighted by Gasteiger charge is -2.27. The molecule has 0 atom stereocenters. The Morgan fingerprint density at radius 1 is 1.33 bits per heavy atom. The molecule has 0 radical (unpaired) electrons. The van der Waals surface area contributed by atoms with Gasteiger partial charge in [-0.25, -0.2) is 9.50 Å². The number of aromatic nitrogens is 3. The molecule has 0 aliphatic carbocycles. The van der Waals surface area contributed by atoms with Crippen LogP contribution in [0.15, 0.2) is 29.8 Å². The van der Waals surface area contributed by atoms with E-state index in [1.54, 1.807) is 29.2 Å². The number of Topliss-reactive ketones (excluding diaryl/α,β-unsaturated/α-hetero) is 1. The zero-order valence-electron chi connectivity index (χ0n) is 15.3. The van der Waals surface area contributed by atoms with Crippen LogP contribution < -0.4 is 0 Å². The monoisotopic (exact) mass is 385 g/mol. The van der Waals surface area contributed by atoms with Gasteiger partial charge in [0.05, 0.1) is 5.57 Å². The third kappa shape index (κ3) is 3.86. The molecule has 0 bridgehead atoms. The zero-order valence-corrected chi connectivity index (χ0v) is 16.0. The second-order valence-electron chi connectivity index (χ2n) is 7.18. The molecule has 2 aromatic rings. The fraction of sp³-hybridized carbons (Fsp3) is 0.421. The van der Waals surface area contributed by atoms with Gasteiger partial charge in [-0.15, -0.1) is 5.10 Å². The van der Waals surface area contributed by atoms with Crippen molar-refractivity contribution in [1.29, 1.82) is 5.26 Å². The maximum absolute atomic E-state index is 12.9. The summed E-state index contributed by atoms with van der Waals surface area (Å²) < 4.78 is 1.42. The number of fused-ring (bicyclic) bond motifs is 1. The number of allylic oxidation sites excluding steroid dienone is 1. The van der Waals surface area contributed by atoms with Crippen LogP contribution >= 0.6 is 11.6 Å². The Balaban J connectivity index is 1.86. The highest BCUT2D eigenvalue weighted by Crippen LogP contribution is 2.28. The number of pyridine rings is 1. The summed E-state index contributed by atoms with van der Waals surface area (Å²) >= 11 is 6.09. The Labute approximate surface area is 162 Å². The highest BCUT2D eigenvalue weighted by molar-refractivity contribution is 6.29. The highest BCUT2D eigenvalue weighted by Gasteiger charge is 2.31. The molecule has 0 unspecified atom stereocenters. The molecule has 1 aliphatic rings. The average Bonchev–Trinajstić information content (AvgIpc) is 3.08. The minimum absolute atomic E-state index is 0.0833. The summed E-state index contributed by atoms with van der Waals surface area (Å²) in [6.07, 6.45) is 3.27. The summed E-state index contributed by atoms with van der Waals surface area (Å²) in [5.41, 5.74) is 0.0277. The molecule has 0 aromatic carbocycles. The minimum Gasteiger partial charge on any atom is -0.336 e. The third-order valence-corrected chi connectivity index (χ3v) is 5.04. The van der Waals surface area contributed by atoms with Crippen LogP contribution in [0.25, 0.3) is 5.65 Å². The van der Waals surface area contributed by atoms with Gasteiger partial charge < -0.3 is 4.90 Å². The molecule has 3 heterocycles. The summed E-state index contributed by atoms with van der Waals surface area (Å²) in [6.45, 7) is 4.55. The summed E-state index contributed by atoms with van der Waals surface area (Å²) in [5.74, 6) is -0.340. The molecule has 0 saturated carbocycles. The standard InChI is InChI=1S/C19H20ClN5O2/c1-19(2)9-5-11-24(10-4-6-13(12-21)16(19)26)18(27)17-22-15-8-3-7-14(20)25(15)23-17/h3,6-8H,4-5,9-11H2,1-2H3/b13-6-. The van der Waals surface area contributed by atoms with Gasteiger partial charge in [-0.2, -0.15) is 5.26 Å². The first kappa shape index (κ1) is 19.1. The average molecular weight is 386 g/mol. The van der Waals surface area contributed by atoms with Crippen LogP contribution in [0.5, 0.6) is 0 Å². The fourth-order valence-electron chi connectivity index (χ4n) is 3.16. The van der Waals surface area contributed by atoms with E-state index in [1.165, 1.54) is 4.52 Å². The summed E-state index contributed by atoms with van der Waals surface area (Å²) in [4.78, 5) is 31.3. The van der Waals surface area contributed by atoms with Crippen LogP contribution in [0.2, 0.25) is 5.15 Å². The van der Waals surface area contributed by atoms with Crippen LogP contribution in [-0.4, -0.2) is 44.3 Å². The maximum atomic E-state index is 12.9. The van der Waals surface area contributed by atoms with E-state index in [9.17, 15) is 14.9 Å². The zero-order chi connectivity index (χ0) is 19.6. The van der Waals surface area contributed by atoms with Crippen molar-refractivity contribution in [1.82, 2.24) is 19.5 Å². The number of rotatable bonds is 1. The molecule has 1 aliphatic heterocycles. The number of hydrogen-bond donors (Lipinski definition) is 0. The van der Waals surface area contributed by atoms with Gasteiger partial charge in [0.1, 0.15) is 11.2 Å². The lowest BCUT2D eigenvalue weighted by molar-refractivity contribution is -0.123. The van der Waals surface area contributed by atoms with Crippen molar-refractivity contribution >= 4 is 28.9 Å². The fourth-order valence-corrected chi connectivity index (χ4v) is 3.36. The number of carbonyl (C=O) groups is 2. The van der Waals surface area contributed by atoms with Crippen molar-refractivity contribution in [2.45, 2.75) is 33.1 Å². The van der Waals surface area contributed by atoms with Crippen molar-refractivity contribution in [2.24, 2.45) is 5.41 Å². The number of halogens is 1. The first-order valence-corrected chi connectivity index (χ1v) is 9.17. The van der Waals surface area contributed by atoms with E-state index in [-0.39, 0.29) is 23.1 Å². The third-order valence-electron chi connectivity index (χ3n) is 4.75. The molecule has 27 heavy (non-hydrogen) atoms. The molecule has 0 fully saturated rings. The molecular formula is C19H20ClN5O2. The highest BCUT2D eigenvalue weighted by atomic mass is 35.5. The molecule has 7 nitrogen and oxygen atoms in total. The molecule has 0 saturated heterocycles. The Morgan fingerprint density at radius 3 is 2.81 bits per heavy atom. The van der Waals surface area contributed by atoms with Crippen LogP contribution in [0.3, 0.4) is 0 Å². The van der Waals surface area contributed by atoms with Gasteiger partial charge in [0, 0.05) is 18.5 Å². The number of ketones is 1. The number of amides is 1. The maximum Gasteiger partial charge on any atom is 0.293 e. The van der Waals surface area contributed by atoms with Gasteiger partial charge in [-0.1, -0.05) is 37.6 Å². The van der Waals surface area contributed by atoms with Crippen LogP contribution in [0.1, 0.15) is 43.7 Å². The van der Waals surface area contributed by atoms with Gasteiger partial charge >= 0.3 is 0 Å². The van der Waals surface area contributed by atoms with Crippen molar-refractivity contribution in [3.8, 4) is 6.07 Å². The molecular weight excluding hydrogens is 366 g/mol. The van der Waals surface area contributed by atoms with Crippen LogP contribution in [0.4, 0.5) is 0 Å². The Hall–Kier alpha value is -2.72. The molecule has 0 N–H and O–H groups in total. The molecule has 1 amide bonds. The first-order valence-electron chi connectivity index (χ1n) is 8.79. The topological polar surface area (TPSA) is 91.4 Å². The van der Waals surface area contributed by atoms with Gasteiger partial charge in [0.25, 0.3) is 5.91 Å². The van der Waals surface area contributed by atoms with Crippen molar-refractivity contribution in [2.75, 3.05) is 13.1 Å². The van der Waals surface area contributed by atoms with Gasteiger partial charge in [-0.05, 0) is 31.4 Å². The number of hydrogen-bond acceptors (Lipinski definition) is 5. The van der Waals surface area contributed by atoms with E-state index in [4.69, 9.17) is 11.6 Å². The van der Waals surface area contributed by atoms with Crippen molar-refractivity contribution in [3.63, 3.8) is 0 Å². The summed E-state index contributed by atoms with van der Waals surface area (Å²) in [5, 5.41) is 13.9. The first-order chi connectivity index (χ1) is 12.8. The normalized spacial score (nSPS) is 20.0. The van der Waals surface area contributed by atoms with E-state index in [1.807, 2.05) is 19.9 Å². The lowest BCUT2D eigenvalue weighted by atomic mass is 9.80. The van der Waals surface area contributed by atoms with Crippen LogP contribution in [-0.2, 0) is 4.79 Å². The molecule has 140 valence electrons. The van der Waals surface area contributed by atoms with E-state index in [0.29, 0.717) is 43.2 Å². The van der Waals surface area contributed by atoms with Crippen LogP contribution in [0, 0.1) is 16.7 Å². The SMILES string of the molecule is CC1(C)CCCN(C(=O)c2nc3cccc(Cl)n3n2)CC/C=C(/C#N)C1=O. The van der Waals surface area contributed by atoms with Gasteiger partial charge in [0.2, 0.25) is 5.82 Å².